The number of likely N-dealkylation sites (N-methyl/N-ethyl adjacent to an activating group) is 1. The SMILES string of the molecule is COc1cccc(NC(=S)N(CCN(C)C)[C@H](C)c2ccncc2)c1. The van der Waals surface area contributed by atoms with Crippen LogP contribution in [0.3, 0.4) is 0 Å². The summed E-state index contributed by atoms with van der Waals surface area (Å²) in [6, 6.07) is 12.0. The van der Waals surface area contributed by atoms with Crippen molar-refractivity contribution in [2.45, 2.75) is 13.0 Å². The van der Waals surface area contributed by atoms with Crippen LogP contribution in [0, 0.1) is 0 Å². The zero-order valence-electron chi connectivity index (χ0n) is 15.3. The molecule has 25 heavy (non-hydrogen) atoms. The Morgan fingerprint density at radius 2 is 1.92 bits per heavy atom. The number of rotatable bonds is 7. The Hall–Kier alpha value is -2.18. The summed E-state index contributed by atoms with van der Waals surface area (Å²) in [5.41, 5.74) is 2.10. The molecule has 0 aliphatic rings. The quantitative estimate of drug-likeness (QED) is 0.765. The second-order valence-electron chi connectivity index (χ2n) is 6.12. The Labute approximate surface area is 155 Å². The molecule has 0 aliphatic heterocycles. The van der Waals surface area contributed by atoms with E-state index in [1.807, 2.05) is 48.8 Å². The first-order chi connectivity index (χ1) is 12.0. The van der Waals surface area contributed by atoms with Crippen LogP contribution in [0.15, 0.2) is 48.8 Å². The van der Waals surface area contributed by atoms with Crippen molar-refractivity contribution in [2.75, 3.05) is 39.6 Å². The molecule has 0 aliphatic carbocycles. The first-order valence-electron chi connectivity index (χ1n) is 8.27. The molecule has 0 unspecified atom stereocenters. The van der Waals surface area contributed by atoms with E-state index in [0.29, 0.717) is 5.11 Å². The van der Waals surface area contributed by atoms with Crippen LogP contribution < -0.4 is 10.1 Å². The van der Waals surface area contributed by atoms with Crippen LogP contribution in [-0.2, 0) is 0 Å². The number of methoxy groups -OCH3 is 1. The van der Waals surface area contributed by atoms with Gasteiger partial charge in [0, 0.05) is 37.2 Å². The minimum atomic E-state index is 0.147. The fourth-order valence-corrected chi connectivity index (χ4v) is 2.86. The van der Waals surface area contributed by atoms with Crippen molar-refractivity contribution in [1.82, 2.24) is 14.8 Å². The number of nitrogens with one attached hydrogen (secondary N) is 1. The number of hydrogen-bond acceptors (Lipinski definition) is 4. The third-order valence-corrected chi connectivity index (χ3v) is 4.36. The van der Waals surface area contributed by atoms with Gasteiger partial charge in [-0.1, -0.05) is 6.07 Å². The number of ether oxygens (including phenoxy) is 1. The van der Waals surface area contributed by atoms with Gasteiger partial charge in [-0.3, -0.25) is 4.98 Å². The Morgan fingerprint density at radius 3 is 2.56 bits per heavy atom. The fraction of sp³-hybridized carbons (Fsp3) is 0.368. The van der Waals surface area contributed by atoms with Gasteiger partial charge in [-0.25, -0.2) is 0 Å². The van der Waals surface area contributed by atoms with Crippen molar-refractivity contribution >= 4 is 23.0 Å². The highest BCUT2D eigenvalue weighted by atomic mass is 32.1. The van der Waals surface area contributed by atoms with Gasteiger partial charge in [0.05, 0.1) is 13.2 Å². The van der Waals surface area contributed by atoms with Gasteiger partial charge in [0.25, 0.3) is 0 Å². The lowest BCUT2D eigenvalue weighted by Crippen LogP contribution is -2.40. The molecule has 0 bridgehead atoms. The van der Waals surface area contributed by atoms with E-state index in [1.54, 1.807) is 7.11 Å². The molecule has 0 amide bonds. The molecule has 1 N–H and O–H groups in total. The van der Waals surface area contributed by atoms with Gasteiger partial charge in [0.2, 0.25) is 0 Å². The molecule has 6 heteroatoms. The van der Waals surface area contributed by atoms with E-state index in [-0.39, 0.29) is 6.04 Å². The van der Waals surface area contributed by atoms with Crippen molar-refractivity contribution in [3.63, 3.8) is 0 Å². The lowest BCUT2D eigenvalue weighted by Gasteiger charge is -2.33. The predicted molar refractivity (Wildman–Crippen MR) is 107 cm³/mol. The molecule has 2 rings (SSSR count). The molecule has 1 aromatic heterocycles. The van der Waals surface area contributed by atoms with E-state index in [0.717, 1.165) is 24.5 Å². The number of benzene rings is 1. The molecule has 1 heterocycles. The maximum atomic E-state index is 5.71. The zero-order valence-corrected chi connectivity index (χ0v) is 16.1. The zero-order chi connectivity index (χ0) is 18.2. The second-order valence-corrected chi connectivity index (χ2v) is 6.50. The Morgan fingerprint density at radius 1 is 1.20 bits per heavy atom. The molecular formula is C19H26N4OS. The summed E-state index contributed by atoms with van der Waals surface area (Å²) in [7, 11) is 5.79. The predicted octanol–water partition coefficient (Wildman–Crippen LogP) is 3.41. The fourth-order valence-electron chi connectivity index (χ4n) is 2.50. The summed E-state index contributed by atoms with van der Waals surface area (Å²) in [4.78, 5) is 8.46. The van der Waals surface area contributed by atoms with Crippen molar-refractivity contribution in [3.05, 3.63) is 54.4 Å². The maximum Gasteiger partial charge on any atom is 0.173 e. The van der Waals surface area contributed by atoms with Crippen LogP contribution in [0.5, 0.6) is 5.75 Å². The summed E-state index contributed by atoms with van der Waals surface area (Å²) >= 11 is 5.71. The third kappa shape index (κ3) is 5.69. The average Bonchev–Trinajstić information content (AvgIpc) is 2.62. The molecule has 5 nitrogen and oxygen atoms in total. The van der Waals surface area contributed by atoms with Crippen LogP contribution in [0.1, 0.15) is 18.5 Å². The van der Waals surface area contributed by atoms with E-state index in [9.17, 15) is 0 Å². The van der Waals surface area contributed by atoms with Crippen LogP contribution in [0.25, 0.3) is 0 Å². The largest absolute Gasteiger partial charge is 0.497 e. The molecule has 0 fully saturated rings. The van der Waals surface area contributed by atoms with Crippen molar-refractivity contribution in [2.24, 2.45) is 0 Å². The number of nitrogens with zero attached hydrogens (tertiary/aromatic N) is 3. The minimum Gasteiger partial charge on any atom is -0.497 e. The smallest absolute Gasteiger partial charge is 0.173 e. The van der Waals surface area contributed by atoms with Gasteiger partial charge in [-0.2, -0.15) is 0 Å². The van der Waals surface area contributed by atoms with E-state index in [1.165, 1.54) is 5.56 Å². The van der Waals surface area contributed by atoms with Crippen molar-refractivity contribution in [1.29, 1.82) is 0 Å². The second kappa shape index (κ2) is 9.34. The molecular weight excluding hydrogens is 332 g/mol. The summed E-state index contributed by atoms with van der Waals surface area (Å²) in [6.07, 6.45) is 3.63. The normalized spacial score (nSPS) is 11.9. The number of aromatic nitrogens is 1. The molecule has 0 radical (unpaired) electrons. The van der Waals surface area contributed by atoms with Crippen LogP contribution >= 0.6 is 12.2 Å². The standard InChI is InChI=1S/C19H26N4OS/c1-15(16-8-10-20-11-9-16)23(13-12-22(2)3)19(25)21-17-6-5-7-18(14-17)24-4/h5-11,14-15H,12-13H2,1-4H3,(H,21,25)/t15-/m1/s1. The van der Waals surface area contributed by atoms with Crippen LogP contribution in [0.4, 0.5) is 5.69 Å². The lowest BCUT2D eigenvalue weighted by molar-refractivity contribution is 0.289. The van der Waals surface area contributed by atoms with Gasteiger partial charge >= 0.3 is 0 Å². The highest BCUT2D eigenvalue weighted by Gasteiger charge is 2.19. The number of thiocarbonyl (C=S) groups is 1. The molecule has 2 aromatic rings. The number of anilines is 1. The summed E-state index contributed by atoms with van der Waals surface area (Å²) < 4.78 is 5.28. The average molecular weight is 359 g/mol. The number of hydrogen-bond donors (Lipinski definition) is 1. The Bertz CT molecular complexity index is 678. The summed E-state index contributed by atoms with van der Waals surface area (Å²) in [6.45, 7) is 3.90. The van der Waals surface area contributed by atoms with Crippen molar-refractivity contribution < 1.29 is 4.74 Å². The van der Waals surface area contributed by atoms with Crippen molar-refractivity contribution in [3.8, 4) is 5.75 Å². The minimum absolute atomic E-state index is 0.147. The van der Waals surface area contributed by atoms with Gasteiger partial charge in [0.1, 0.15) is 5.75 Å². The molecule has 134 valence electrons. The van der Waals surface area contributed by atoms with E-state index >= 15 is 0 Å². The maximum absolute atomic E-state index is 5.71. The first-order valence-corrected chi connectivity index (χ1v) is 8.68. The van der Waals surface area contributed by atoms with Gasteiger partial charge < -0.3 is 19.9 Å². The van der Waals surface area contributed by atoms with Gasteiger partial charge in [0.15, 0.2) is 5.11 Å². The third-order valence-electron chi connectivity index (χ3n) is 4.03. The van der Waals surface area contributed by atoms with E-state index in [4.69, 9.17) is 17.0 Å². The van der Waals surface area contributed by atoms with E-state index < -0.39 is 0 Å². The molecule has 0 saturated heterocycles. The van der Waals surface area contributed by atoms with Gasteiger partial charge in [-0.15, -0.1) is 0 Å². The molecule has 1 aromatic carbocycles. The van der Waals surface area contributed by atoms with Crippen LogP contribution in [0.2, 0.25) is 0 Å². The highest BCUT2D eigenvalue weighted by molar-refractivity contribution is 7.80. The Balaban J connectivity index is 2.17. The van der Waals surface area contributed by atoms with Crippen LogP contribution in [-0.4, -0.2) is 54.2 Å². The lowest BCUT2D eigenvalue weighted by atomic mass is 10.1. The topological polar surface area (TPSA) is 40.6 Å². The monoisotopic (exact) mass is 358 g/mol. The van der Waals surface area contributed by atoms with E-state index in [2.05, 4.69) is 41.1 Å². The Kier molecular flexibility index (Phi) is 7.16. The molecule has 1 atom stereocenters. The molecule has 0 saturated carbocycles. The highest BCUT2D eigenvalue weighted by Crippen LogP contribution is 2.22. The first kappa shape index (κ1) is 19.1. The summed E-state index contributed by atoms with van der Waals surface area (Å²) in [5, 5.41) is 4.03. The number of pyridine rings is 1. The summed E-state index contributed by atoms with van der Waals surface area (Å²) in [5.74, 6) is 0.801. The molecule has 0 spiro atoms. The van der Waals surface area contributed by atoms with Gasteiger partial charge in [-0.05, 0) is 63.1 Å².